The lowest BCUT2D eigenvalue weighted by molar-refractivity contribution is 0.0698. The number of anilines is 1. The number of fused-ring (bicyclic) bond motifs is 1. The van der Waals surface area contributed by atoms with Gasteiger partial charge in [0, 0.05) is 43.5 Å². The quantitative estimate of drug-likeness (QED) is 0.236. The summed E-state index contributed by atoms with van der Waals surface area (Å²) >= 11 is 0. The van der Waals surface area contributed by atoms with Crippen LogP contribution in [0.3, 0.4) is 0 Å². The van der Waals surface area contributed by atoms with E-state index in [1.54, 1.807) is 41.3 Å². The maximum absolute atomic E-state index is 14.7. The predicted octanol–water partition coefficient (Wildman–Crippen LogP) is 6.23. The highest BCUT2D eigenvalue weighted by atomic mass is 19.1. The monoisotopic (exact) mass is 582 g/mol. The number of nitrogens with one attached hydrogen (secondary N) is 1. The van der Waals surface area contributed by atoms with Crippen LogP contribution >= 0.6 is 0 Å². The largest absolute Gasteiger partial charge is 0.494 e. The number of hydrogen-bond donors (Lipinski definition) is 2. The minimum absolute atomic E-state index is 0.0398. The van der Waals surface area contributed by atoms with Crippen LogP contribution in [0.25, 0.3) is 33.4 Å². The molecule has 0 aliphatic carbocycles. The zero-order chi connectivity index (χ0) is 30.1. The van der Waals surface area contributed by atoms with Gasteiger partial charge in [0.15, 0.2) is 0 Å². The molecule has 1 aromatic heterocycles. The molecule has 0 atom stereocenters. The summed E-state index contributed by atoms with van der Waals surface area (Å²) in [6.45, 7) is 4.01. The van der Waals surface area contributed by atoms with E-state index in [2.05, 4.69) is 14.9 Å². The van der Waals surface area contributed by atoms with Gasteiger partial charge in [-0.2, -0.15) is 0 Å². The van der Waals surface area contributed by atoms with Gasteiger partial charge < -0.3 is 24.6 Å². The maximum Gasteiger partial charge on any atom is 0.336 e. The van der Waals surface area contributed by atoms with Crippen LogP contribution < -0.4 is 9.64 Å². The van der Waals surface area contributed by atoms with Gasteiger partial charge in [0.25, 0.3) is 5.91 Å². The fourth-order valence-corrected chi connectivity index (χ4v) is 5.43. The lowest BCUT2D eigenvalue weighted by Crippen LogP contribution is -2.49. The molecule has 2 N–H and O–H groups in total. The third kappa shape index (κ3) is 5.51. The Labute approximate surface area is 246 Å². The van der Waals surface area contributed by atoms with Crippen LogP contribution in [0.1, 0.15) is 27.8 Å². The number of carbonyl (C=O) groups excluding carboxylic acids is 1. The van der Waals surface area contributed by atoms with Crippen molar-refractivity contribution in [3.05, 3.63) is 102 Å². The highest BCUT2D eigenvalue weighted by molar-refractivity contribution is 6.05. The molecular formula is C33H28F2N4O4. The Morgan fingerprint density at radius 1 is 0.953 bits per heavy atom. The van der Waals surface area contributed by atoms with E-state index < -0.39 is 17.6 Å². The predicted molar refractivity (Wildman–Crippen MR) is 160 cm³/mol. The molecule has 5 aromatic rings. The molecule has 1 fully saturated rings. The Hall–Kier alpha value is -5.25. The van der Waals surface area contributed by atoms with Crippen LogP contribution in [0.4, 0.5) is 14.5 Å². The van der Waals surface area contributed by atoms with E-state index >= 15 is 0 Å². The minimum atomic E-state index is -1.000. The second kappa shape index (κ2) is 11.6. The smallest absolute Gasteiger partial charge is 0.336 e. The molecule has 0 bridgehead atoms. The van der Waals surface area contributed by atoms with Gasteiger partial charge in [-0.05, 0) is 54.1 Å². The zero-order valence-electron chi connectivity index (χ0n) is 23.3. The van der Waals surface area contributed by atoms with Crippen molar-refractivity contribution in [2.75, 3.05) is 37.7 Å². The van der Waals surface area contributed by atoms with Crippen molar-refractivity contribution >= 4 is 28.3 Å². The molecule has 1 saturated heterocycles. The van der Waals surface area contributed by atoms with Crippen LogP contribution in [-0.2, 0) is 0 Å². The number of hydrogen-bond acceptors (Lipinski definition) is 5. The van der Waals surface area contributed by atoms with Gasteiger partial charge >= 0.3 is 5.97 Å². The molecule has 10 heteroatoms. The fourth-order valence-electron chi connectivity index (χ4n) is 5.43. The number of nitrogens with zero attached hydrogens (tertiary/aromatic N) is 3. The number of halogens is 2. The number of benzene rings is 4. The molecule has 0 unspecified atom stereocenters. The molecule has 1 amide bonds. The molecule has 0 saturated carbocycles. The number of H-pyrrole nitrogens is 1. The summed E-state index contributed by atoms with van der Waals surface area (Å²) in [5.74, 6) is -2.13. The normalized spacial score (nSPS) is 13.4. The number of amides is 1. The molecule has 1 aliphatic heterocycles. The van der Waals surface area contributed by atoms with Gasteiger partial charge in [-0.25, -0.2) is 18.6 Å². The summed E-state index contributed by atoms with van der Waals surface area (Å²) in [6.07, 6.45) is 0. The molecule has 1 aliphatic rings. The van der Waals surface area contributed by atoms with Crippen LogP contribution in [0.2, 0.25) is 0 Å². The van der Waals surface area contributed by atoms with E-state index in [0.29, 0.717) is 55.2 Å². The summed E-state index contributed by atoms with van der Waals surface area (Å²) in [4.78, 5) is 37.2. The zero-order valence-corrected chi connectivity index (χ0v) is 23.3. The van der Waals surface area contributed by atoms with E-state index in [0.717, 1.165) is 23.2 Å². The second-order valence-electron chi connectivity index (χ2n) is 10.2. The van der Waals surface area contributed by atoms with Gasteiger partial charge in [-0.15, -0.1) is 0 Å². The van der Waals surface area contributed by atoms with Crippen molar-refractivity contribution in [2.24, 2.45) is 0 Å². The van der Waals surface area contributed by atoms with Crippen molar-refractivity contribution in [3.63, 3.8) is 0 Å². The molecule has 0 spiro atoms. The van der Waals surface area contributed by atoms with Crippen molar-refractivity contribution in [3.8, 4) is 28.4 Å². The Kier molecular flexibility index (Phi) is 7.50. The van der Waals surface area contributed by atoms with Crippen LogP contribution in [-0.4, -0.2) is 64.6 Å². The van der Waals surface area contributed by atoms with Crippen LogP contribution in [0.15, 0.2) is 78.9 Å². The molecule has 43 heavy (non-hydrogen) atoms. The van der Waals surface area contributed by atoms with E-state index in [4.69, 9.17) is 4.74 Å². The van der Waals surface area contributed by atoms with Crippen molar-refractivity contribution in [1.82, 2.24) is 14.9 Å². The number of carbonyl (C=O) groups is 2. The third-order valence-corrected chi connectivity index (χ3v) is 7.53. The summed E-state index contributed by atoms with van der Waals surface area (Å²) < 4.78 is 34.0. The van der Waals surface area contributed by atoms with Crippen LogP contribution in [0.5, 0.6) is 5.75 Å². The molecule has 218 valence electrons. The summed E-state index contributed by atoms with van der Waals surface area (Å²) in [6, 6.07) is 21.3. The lowest BCUT2D eigenvalue weighted by Gasteiger charge is -2.36. The summed E-state index contributed by atoms with van der Waals surface area (Å²) in [5.41, 5.74) is 2.15. The van der Waals surface area contributed by atoms with Gasteiger partial charge in [0.2, 0.25) is 0 Å². The number of carboxylic acid groups (broad SMARTS) is 1. The van der Waals surface area contributed by atoms with E-state index in [1.807, 2.05) is 31.2 Å². The number of aromatic amines is 1. The van der Waals surface area contributed by atoms with E-state index in [-0.39, 0.29) is 28.6 Å². The van der Waals surface area contributed by atoms with Gasteiger partial charge in [0.05, 0.1) is 17.7 Å². The van der Waals surface area contributed by atoms with Crippen molar-refractivity contribution < 1.29 is 28.2 Å². The number of piperazine rings is 1. The SMILES string of the molecule is CCOc1cccc(-c2nc(-c3ccc(F)cc3F)[nH]c2C(=O)N2CCN(c3cc(C(=O)O)c4ccccc4c3)CC2)c1. The molecule has 4 aromatic carbocycles. The number of ether oxygens (including phenoxy) is 1. The van der Waals surface area contributed by atoms with Crippen LogP contribution in [0, 0.1) is 11.6 Å². The van der Waals surface area contributed by atoms with E-state index in [9.17, 15) is 23.5 Å². The average molecular weight is 583 g/mol. The number of aromatic carboxylic acids is 1. The number of carboxylic acids is 1. The van der Waals surface area contributed by atoms with Gasteiger partial charge in [-0.3, -0.25) is 4.79 Å². The highest BCUT2D eigenvalue weighted by Crippen LogP contribution is 2.32. The number of imidazole rings is 1. The Morgan fingerprint density at radius 2 is 1.74 bits per heavy atom. The Balaban J connectivity index is 1.30. The molecule has 6 rings (SSSR count). The molecule has 0 radical (unpaired) electrons. The first kappa shape index (κ1) is 27.9. The van der Waals surface area contributed by atoms with Gasteiger partial charge in [-0.1, -0.05) is 36.4 Å². The first-order chi connectivity index (χ1) is 20.8. The Morgan fingerprint density at radius 3 is 2.49 bits per heavy atom. The average Bonchev–Trinajstić information content (AvgIpc) is 3.46. The fraction of sp³-hybridized carbons (Fsp3) is 0.182. The van der Waals surface area contributed by atoms with Crippen molar-refractivity contribution in [1.29, 1.82) is 0 Å². The third-order valence-electron chi connectivity index (χ3n) is 7.53. The maximum atomic E-state index is 14.7. The second-order valence-corrected chi connectivity index (χ2v) is 10.2. The summed E-state index contributed by atoms with van der Waals surface area (Å²) in [5, 5.41) is 11.3. The molecule has 8 nitrogen and oxygen atoms in total. The Bertz CT molecular complexity index is 1850. The molecule has 2 heterocycles. The van der Waals surface area contributed by atoms with Crippen molar-refractivity contribution in [2.45, 2.75) is 6.92 Å². The standard InChI is InChI=1S/C33H28F2N4O4/c1-2-43-24-8-5-7-21(17-24)29-30(37-31(36-29)26-11-10-22(34)18-28(26)35)32(40)39-14-12-38(13-15-39)23-16-20-6-3-4-9-25(20)27(19-23)33(41)42/h3-11,16-19H,2,12-15H2,1H3,(H,36,37)(H,41,42). The van der Waals surface area contributed by atoms with E-state index in [1.165, 1.54) is 6.07 Å². The minimum Gasteiger partial charge on any atom is -0.494 e. The number of aromatic nitrogens is 2. The summed E-state index contributed by atoms with van der Waals surface area (Å²) in [7, 11) is 0. The molecular weight excluding hydrogens is 554 g/mol. The number of rotatable bonds is 7. The first-order valence-corrected chi connectivity index (χ1v) is 13.9. The lowest BCUT2D eigenvalue weighted by atomic mass is 10.0. The highest BCUT2D eigenvalue weighted by Gasteiger charge is 2.28. The topological polar surface area (TPSA) is 98.8 Å². The first-order valence-electron chi connectivity index (χ1n) is 13.9. The van der Waals surface area contributed by atoms with Gasteiger partial charge in [0.1, 0.15) is 34.6 Å².